The highest BCUT2D eigenvalue weighted by atomic mass is 16.5. The molecule has 0 saturated heterocycles. The van der Waals surface area contributed by atoms with E-state index in [1.54, 1.807) is 13.2 Å². The Hall–Kier alpha value is -3.99. The zero-order valence-corrected chi connectivity index (χ0v) is 22.3. The largest absolute Gasteiger partial charge is 0.496 e. The zero-order valence-electron chi connectivity index (χ0n) is 22.3. The summed E-state index contributed by atoms with van der Waals surface area (Å²) in [6.45, 7) is 1.19. The average molecular weight is 535 g/mol. The first-order valence-corrected chi connectivity index (χ1v) is 13.0. The number of ether oxygens (including phenoxy) is 1. The van der Waals surface area contributed by atoms with Crippen LogP contribution in [-0.2, 0) is 20.8 Å². The van der Waals surface area contributed by atoms with Crippen LogP contribution in [0.4, 0.5) is 5.69 Å². The molecule has 0 aliphatic carbocycles. The second-order valence-electron chi connectivity index (χ2n) is 9.24. The van der Waals surface area contributed by atoms with E-state index in [1.165, 1.54) is 4.90 Å². The number of carbonyl (C=O) groups is 3. The van der Waals surface area contributed by atoms with Crippen LogP contribution in [0, 0.1) is 0 Å². The summed E-state index contributed by atoms with van der Waals surface area (Å²) in [4.78, 5) is 40.6. The van der Waals surface area contributed by atoms with Gasteiger partial charge in [0.05, 0.1) is 19.6 Å². The van der Waals surface area contributed by atoms with Crippen LogP contribution >= 0.6 is 0 Å². The Morgan fingerprint density at radius 1 is 0.923 bits per heavy atom. The van der Waals surface area contributed by atoms with Gasteiger partial charge < -0.3 is 37.5 Å². The fourth-order valence-corrected chi connectivity index (χ4v) is 4.33. The lowest BCUT2D eigenvalue weighted by molar-refractivity contribution is -0.134. The molecule has 0 radical (unpaired) electrons. The molecule has 208 valence electrons. The molecule has 0 bridgehead atoms. The maximum absolute atomic E-state index is 13.4. The van der Waals surface area contributed by atoms with Crippen LogP contribution in [0.15, 0.2) is 66.7 Å². The van der Waals surface area contributed by atoms with Crippen molar-refractivity contribution in [2.75, 3.05) is 38.6 Å². The third-order valence-corrected chi connectivity index (χ3v) is 6.39. The van der Waals surface area contributed by atoms with Crippen LogP contribution in [0.2, 0.25) is 0 Å². The van der Waals surface area contributed by atoms with Gasteiger partial charge in [-0.15, -0.1) is 0 Å². The van der Waals surface area contributed by atoms with Crippen LogP contribution in [-0.4, -0.2) is 68.0 Å². The normalized spacial score (nSPS) is 12.4. The average Bonchev–Trinajstić information content (AvgIpc) is 2.94. The fraction of sp³-hybridized carbons (Fsp3) is 0.345. The lowest BCUT2D eigenvalue weighted by Gasteiger charge is -2.24. The van der Waals surface area contributed by atoms with E-state index in [4.69, 9.17) is 21.9 Å². The topological polar surface area (TPSA) is 166 Å². The van der Waals surface area contributed by atoms with Crippen LogP contribution in [0.25, 0.3) is 10.8 Å². The first kappa shape index (κ1) is 29.6. The molecule has 0 unspecified atom stereocenters. The molecule has 3 aromatic rings. The molecule has 8 N–H and O–H groups in total. The van der Waals surface area contributed by atoms with E-state index in [0.717, 1.165) is 16.3 Å². The Morgan fingerprint density at radius 2 is 1.59 bits per heavy atom. The van der Waals surface area contributed by atoms with Gasteiger partial charge in [-0.05, 0) is 29.9 Å². The predicted molar refractivity (Wildman–Crippen MR) is 153 cm³/mol. The number of nitrogens with zero attached hydrogens (tertiary/aromatic N) is 1. The van der Waals surface area contributed by atoms with Crippen molar-refractivity contribution >= 4 is 34.2 Å². The minimum atomic E-state index is -1.14. The highest BCUT2D eigenvalue weighted by Gasteiger charge is 2.26. The SMILES string of the molecule is COc1cc(NC(=O)[C@H](CCc2ccccc2)NC(=O)[C@@H](N)CC(=O)N(CCN)CCN)cc2ccccc12. The van der Waals surface area contributed by atoms with E-state index in [1.807, 2.05) is 60.7 Å². The summed E-state index contributed by atoms with van der Waals surface area (Å²) in [5.41, 5.74) is 18.8. The summed E-state index contributed by atoms with van der Waals surface area (Å²) >= 11 is 0. The quantitative estimate of drug-likeness (QED) is 0.208. The van der Waals surface area contributed by atoms with Crippen molar-refractivity contribution in [3.05, 3.63) is 72.3 Å². The molecule has 0 aromatic heterocycles. The van der Waals surface area contributed by atoms with Gasteiger partial charge in [-0.3, -0.25) is 14.4 Å². The van der Waals surface area contributed by atoms with Gasteiger partial charge >= 0.3 is 0 Å². The molecule has 39 heavy (non-hydrogen) atoms. The molecule has 0 aliphatic rings. The minimum Gasteiger partial charge on any atom is -0.496 e. The molecule has 3 aromatic carbocycles. The summed E-state index contributed by atoms with van der Waals surface area (Å²) in [5.74, 6) is -0.688. The van der Waals surface area contributed by atoms with Crippen molar-refractivity contribution in [3.63, 3.8) is 0 Å². The Labute approximate surface area is 228 Å². The van der Waals surface area contributed by atoms with Gasteiger partial charge in [-0.1, -0.05) is 54.6 Å². The minimum absolute atomic E-state index is 0.221. The number of nitrogens with one attached hydrogen (secondary N) is 2. The van der Waals surface area contributed by atoms with Crippen LogP contribution < -0.4 is 32.6 Å². The molecule has 10 heteroatoms. The maximum atomic E-state index is 13.4. The highest BCUT2D eigenvalue weighted by Crippen LogP contribution is 2.29. The fourth-order valence-electron chi connectivity index (χ4n) is 4.33. The van der Waals surface area contributed by atoms with Crippen LogP contribution in [0.3, 0.4) is 0 Å². The number of carbonyl (C=O) groups excluding carboxylic acids is 3. The molecule has 0 spiro atoms. The van der Waals surface area contributed by atoms with Gasteiger partial charge in [0.2, 0.25) is 17.7 Å². The summed E-state index contributed by atoms with van der Waals surface area (Å²) in [6.07, 6.45) is 0.662. The number of hydrogen-bond acceptors (Lipinski definition) is 7. The van der Waals surface area contributed by atoms with Crippen LogP contribution in [0.1, 0.15) is 18.4 Å². The van der Waals surface area contributed by atoms with Gasteiger partial charge in [0.25, 0.3) is 0 Å². The monoisotopic (exact) mass is 534 g/mol. The third-order valence-electron chi connectivity index (χ3n) is 6.39. The maximum Gasteiger partial charge on any atom is 0.246 e. The van der Waals surface area contributed by atoms with E-state index in [-0.39, 0.29) is 25.4 Å². The Morgan fingerprint density at radius 3 is 2.26 bits per heavy atom. The van der Waals surface area contributed by atoms with Gasteiger partial charge in [-0.25, -0.2) is 0 Å². The summed E-state index contributed by atoms with van der Waals surface area (Å²) in [5, 5.41) is 7.48. The zero-order chi connectivity index (χ0) is 28.2. The van der Waals surface area contributed by atoms with Crippen LogP contribution in [0.5, 0.6) is 5.75 Å². The molecular weight excluding hydrogens is 496 g/mol. The van der Waals surface area contributed by atoms with Crippen molar-refractivity contribution in [1.29, 1.82) is 0 Å². The van der Waals surface area contributed by atoms with E-state index in [0.29, 0.717) is 37.4 Å². The number of anilines is 1. The van der Waals surface area contributed by atoms with Crippen molar-refractivity contribution in [3.8, 4) is 5.75 Å². The number of hydrogen-bond donors (Lipinski definition) is 5. The summed E-state index contributed by atoms with van der Waals surface area (Å²) < 4.78 is 5.51. The molecule has 0 fully saturated rings. The van der Waals surface area contributed by atoms with Gasteiger partial charge in [0.15, 0.2) is 0 Å². The van der Waals surface area contributed by atoms with E-state index in [2.05, 4.69) is 10.6 Å². The van der Waals surface area contributed by atoms with Gasteiger partial charge in [-0.2, -0.15) is 0 Å². The number of rotatable bonds is 14. The Kier molecular flexibility index (Phi) is 11.2. The smallest absolute Gasteiger partial charge is 0.246 e. The first-order valence-electron chi connectivity index (χ1n) is 13.0. The van der Waals surface area contributed by atoms with E-state index in [9.17, 15) is 14.4 Å². The van der Waals surface area contributed by atoms with Crippen molar-refractivity contribution in [1.82, 2.24) is 10.2 Å². The molecule has 0 heterocycles. The molecular formula is C29H38N6O4. The molecule has 3 amide bonds. The van der Waals surface area contributed by atoms with Crippen molar-refractivity contribution < 1.29 is 19.1 Å². The van der Waals surface area contributed by atoms with E-state index >= 15 is 0 Å². The van der Waals surface area contributed by atoms with Crippen molar-refractivity contribution in [2.24, 2.45) is 17.2 Å². The number of nitrogens with two attached hydrogens (primary N) is 3. The number of amides is 3. The van der Waals surface area contributed by atoms with Crippen molar-refractivity contribution in [2.45, 2.75) is 31.3 Å². The second kappa shape index (κ2) is 14.8. The molecule has 2 atom stereocenters. The van der Waals surface area contributed by atoms with E-state index < -0.39 is 23.9 Å². The third kappa shape index (κ3) is 8.51. The predicted octanol–water partition coefficient (Wildman–Crippen LogP) is 1.37. The summed E-state index contributed by atoms with van der Waals surface area (Å²) in [7, 11) is 1.57. The lowest BCUT2D eigenvalue weighted by Crippen LogP contribution is -2.52. The standard InChI is InChI=1S/C29H38N6O4/c1-39-26-18-22(17-21-9-5-6-10-23(21)26)33-29(38)25(12-11-20-7-3-2-4-8-20)34-28(37)24(32)19-27(36)35(15-13-30)16-14-31/h2-10,17-18,24-25H,11-16,19,30-32H2,1H3,(H,33,38)(H,34,37)/t24-,25-/m0/s1. The van der Waals surface area contributed by atoms with Gasteiger partial charge in [0.1, 0.15) is 11.8 Å². The Balaban J connectivity index is 1.75. The first-order chi connectivity index (χ1) is 18.9. The molecule has 0 saturated carbocycles. The second-order valence-corrected chi connectivity index (χ2v) is 9.24. The Bertz CT molecular complexity index is 1250. The molecule has 0 aliphatic heterocycles. The number of methoxy groups -OCH3 is 1. The molecule has 10 nitrogen and oxygen atoms in total. The number of fused-ring (bicyclic) bond motifs is 1. The van der Waals surface area contributed by atoms with Gasteiger partial charge in [0, 0.05) is 43.3 Å². The number of aryl methyl sites for hydroxylation is 1. The lowest BCUT2D eigenvalue weighted by atomic mass is 10.0. The summed E-state index contributed by atoms with van der Waals surface area (Å²) in [6, 6.07) is 18.9. The molecule has 3 rings (SSSR count). The number of benzene rings is 3. The highest BCUT2D eigenvalue weighted by molar-refractivity contribution is 6.01.